The van der Waals surface area contributed by atoms with Crippen molar-refractivity contribution in [1.29, 1.82) is 0 Å². The molecule has 0 saturated heterocycles. The Kier molecular flexibility index (Phi) is 6.63. The summed E-state index contributed by atoms with van der Waals surface area (Å²) in [5.74, 6) is 0.315. The quantitative estimate of drug-likeness (QED) is 0.476. The third kappa shape index (κ3) is 5.86. The molecule has 2 heterocycles. The number of aromatic nitrogens is 1. The Balaban J connectivity index is 1.47. The lowest BCUT2D eigenvalue weighted by molar-refractivity contribution is 0.102. The van der Waals surface area contributed by atoms with Crippen LogP contribution in [0, 0.1) is 13.8 Å². The van der Waals surface area contributed by atoms with Crippen LogP contribution in [0.15, 0.2) is 58.9 Å². The SMILES string of the molecule is Cc1ccc(NC(=O)c2ccc(NCCNS(=O)(=O)c3ccc(C)s3)nc2)cc1. The fourth-order valence-corrected chi connectivity index (χ4v) is 4.84. The van der Waals surface area contributed by atoms with Crippen LogP contribution in [0.2, 0.25) is 0 Å². The zero-order chi connectivity index (χ0) is 20.9. The molecule has 3 aromatic rings. The second-order valence-corrected chi connectivity index (χ2v) is 9.72. The number of sulfonamides is 1. The van der Waals surface area contributed by atoms with Gasteiger partial charge in [-0.3, -0.25) is 4.79 Å². The zero-order valence-electron chi connectivity index (χ0n) is 16.1. The Labute approximate surface area is 174 Å². The van der Waals surface area contributed by atoms with E-state index in [0.29, 0.717) is 22.1 Å². The molecule has 152 valence electrons. The van der Waals surface area contributed by atoms with Gasteiger partial charge in [-0.1, -0.05) is 17.7 Å². The molecule has 0 aliphatic rings. The van der Waals surface area contributed by atoms with E-state index in [-0.39, 0.29) is 12.5 Å². The number of carbonyl (C=O) groups is 1. The fourth-order valence-electron chi connectivity index (χ4n) is 2.48. The topological polar surface area (TPSA) is 100 Å². The monoisotopic (exact) mass is 430 g/mol. The standard InChI is InChI=1S/C20H22N4O3S2/c1-14-3-7-17(8-4-14)24-20(25)16-6-9-18(22-13-16)21-11-12-23-29(26,27)19-10-5-15(2)28-19/h3-10,13,23H,11-12H2,1-2H3,(H,21,22)(H,24,25). The Bertz CT molecular complexity index is 1080. The molecule has 9 heteroatoms. The number of nitrogens with one attached hydrogen (secondary N) is 3. The molecule has 7 nitrogen and oxygen atoms in total. The van der Waals surface area contributed by atoms with Crippen LogP contribution >= 0.6 is 11.3 Å². The van der Waals surface area contributed by atoms with Gasteiger partial charge >= 0.3 is 0 Å². The highest BCUT2D eigenvalue weighted by Gasteiger charge is 2.15. The normalized spacial score (nSPS) is 11.2. The van der Waals surface area contributed by atoms with Gasteiger partial charge in [-0.2, -0.15) is 0 Å². The number of hydrogen-bond donors (Lipinski definition) is 3. The number of carbonyl (C=O) groups excluding carboxylic acids is 1. The Morgan fingerprint density at radius 2 is 1.76 bits per heavy atom. The van der Waals surface area contributed by atoms with Crippen molar-refractivity contribution < 1.29 is 13.2 Å². The maximum Gasteiger partial charge on any atom is 0.257 e. The van der Waals surface area contributed by atoms with Crippen molar-refractivity contribution in [2.45, 2.75) is 18.1 Å². The average Bonchev–Trinajstić information content (AvgIpc) is 3.15. The van der Waals surface area contributed by atoms with E-state index < -0.39 is 10.0 Å². The van der Waals surface area contributed by atoms with Crippen molar-refractivity contribution in [3.05, 3.63) is 70.7 Å². The van der Waals surface area contributed by atoms with Gasteiger partial charge in [0.2, 0.25) is 10.0 Å². The molecule has 0 fully saturated rings. The van der Waals surface area contributed by atoms with E-state index in [2.05, 4.69) is 20.3 Å². The molecule has 0 bridgehead atoms. The smallest absolute Gasteiger partial charge is 0.257 e. The number of anilines is 2. The first-order valence-electron chi connectivity index (χ1n) is 8.97. The molecule has 0 spiro atoms. The molecule has 0 aliphatic carbocycles. The van der Waals surface area contributed by atoms with E-state index in [1.807, 2.05) is 38.1 Å². The number of aryl methyl sites for hydroxylation is 2. The molecular weight excluding hydrogens is 408 g/mol. The summed E-state index contributed by atoms with van der Waals surface area (Å²) in [5.41, 5.74) is 2.27. The number of benzene rings is 1. The minimum atomic E-state index is -3.49. The van der Waals surface area contributed by atoms with Crippen LogP contribution in [0.25, 0.3) is 0 Å². The van der Waals surface area contributed by atoms with Crippen LogP contribution in [0.5, 0.6) is 0 Å². The molecule has 3 rings (SSSR count). The van der Waals surface area contributed by atoms with Crippen LogP contribution in [0.1, 0.15) is 20.8 Å². The largest absolute Gasteiger partial charge is 0.369 e. The Hall–Kier alpha value is -2.75. The summed E-state index contributed by atoms with van der Waals surface area (Å²) in [6.07, 6.45) is 1.48. The summed E-state index contributed by atoms with van der Waals surface area (Å²) in [6, 6.07) is 14.3. The summed E-state index contributed by atoms with van der Waals surface area (Å²) in [6.45, 7) is 4.43. The van der Waals surface area contributed by atoms with Crippen LogP contribution in [-0.4, -0.2) is 32.4 Å². The number of amides is 1. The summed E-state index contributed by atoms with van der Waals surface area (Å²) in [7, 11) is -3.49. The summed E-state index contributed by atoms with van der Waals surface area (Å²) in [4.78, 5) is 17.4. The van der Waals surface area contributed by atoms with E-state index in [1.54, 1.807) is 24.3 Å². The average molecular weight is 431 g/mol. The molecule has 0 unspecified atom stereocenters. The molecule has 0 saturated carbocycles. The molecule has 29 heavy (non-hydrogen) atoms. The maximum absolute atomic E-state index is 12.3. The van der Waals surface area contributed by atoms with Gasteiger partial charge in [-0.15, -0.1) is 11.3 Å². The van der Waals surface area contributed by atoms with Gasteiger partial charge in [-0.05, 0) is 50.2 Å². The van der Waals surface area contributed by atoms with Crippen molar-refractivity contribution in [3.8, 4) is 0 Å². The predicted molar refractivity (Wildman–Crippen MR) is 116 cm³/mol. The number of thiophene rings is 1. The van der Waals surface area contributed by atoms with Crippen molar-refractivity contribution in [2.24, 2.45) is 0 Å². The molecule has 0 radical (unpaired) electrons. The van der Waals surface area contributed by atoms with Gasteiger partial charge in [0.15, 0.2) is 0 Å². The number of nitrogens with zero attached hydrogens (tertiary/aromatic N) is 1. The highest BCUT2D eigenvalue weighted by molar-refractivity contribution is 7.91. The first-order valence-corrected chi connectivity index (χ1v) is 11.3. The number of hydrogen-bond acceptors (Lipinski definition) is 6. The summed E-state index contributed by atoms with van der Waals surface area (Å²) >= 11 is 1.23. The van der Waals surface area contributed by atoms with E-state index in [0.717, 1.165) is 16.1 Å². The van der Waals surface area contributed by atoms with Gasteiger partial charge < -0.3 is 10.6 Å². The van der Waals surface area contributed by atoms with Crippen LogP contribution in [-0.2, 0) is 10.0 Å². The summed E-state index contributed by atoms with van der Waals surface area (Å²) < 4.78 is 27.2. The first kappa shape index (κ1) is 21.0. The van der Waals surface area contributed by atoms with Crippen molar-refractivity contribution in [2.75, 3.05) is 23.7 Å². The van der Waals surface area contributed by atoms with Gasteiger partial charge in [-0.25, -0.2) is 18.1 Å². The highest BCUT2D eigenvalue weighted by atomic mass is 32.2. The molecule has 3 N–H and O–H groups in total. The summed E-state index contributed by atoms with van der Waals surface area (Å²) in [5, 5.41) is 5.85. The molecule has 1 amide bonds. The van der Waals surface area contributed by atoms with Crippen LogP contribution in [0.3, 0.4) is 0 Å². The van der Waals surface area contributed by atoms with Gasteiger partial charge in [0.25, 0.3) is 5.91 Å². The van der Waals surface area contributed by atoms with Gasteiger partial charge in [0, 0.05) is 29.9 Å². The van der Waals surface area contributed by atoms with Crippen LogP contribution < -0.4 is 15.4 Å². The number of rotatable bonds is 8. The second kappa shape index (κ2) is 9.17. The highest BCUT2D eigenvalue weighted by Crippen LogP contribution is 2.20. The minimum Gasteiger partial charge on any atom is -0.369 e. The molecule has 1 aromatic carbocycles. The number of pyridine rings is 1. The molecule has 2 aromatic heterocycles. The maximum atomic E-state index is 12.3. The lowest BCUT2D eigenvalue weighted by Crippen LogP contribution is -2.28. The lowest BCUT2D eigenvalue weighted by atomic mass is 10.2. The molecule has 0 aliphatic heterocycles. The lowest BCUT2D eigenvalue weighted by Gasteiger charge is -2.08. The van der Waals surface area contributed by atoms with Gasteiger partial charge in [0.05, 0.1) is 5.56 Å². The van der Waals surface area contributed by atoms with Crippen molar-refractivity contribution >= 4 is 38.8 Å². The molecule has 0 atom stereocenters. The van der Waals surface area contributed by atoms with Gasteiger partial charge in [0.1, 0.15) is 10.0 Å². The second-order valence-electron chi connectivity index (χ2n) is 6.44. The first-order chi connectivity index (χ1) is 13.8. The predicted octanol–water partition coefficient (Wildman–Crippen LogP) is 3.40. The van der Waals surface area contributed by atoms with Crippen molar-refractivity contribution in [1.82, 2.24) is 9.71 Å². The van der Waals surface area contributed by atoms with E-state index in [9.17, 15) is 13.2 Å². The third-order valence-electron chi connectivity index (χ3n) is 4.04. The van der Waals surface area contributed by atoms with E-state index in [1.165, 1.54) is 17.5 Å². The molecular formula is C20H22N4O3S2. The van der Waals surface area contributed by atoms with E-state index >= 15 is 0 Å². The third-order valence-corrected chi connectivity index (χ3v) is 6.99. The Morgan fingerprint density at radius 1 is 1.00 bits per heavy atom. The minimum absolute atomic E-state index is 0.219. The van der Waals surface area contributed by atoms with E-state index in [4.69, 9.17) is 0 Å². The van der Waals surface area contributed by atoms with Crippen LogP contribution in [0.4, 0.5) is 11.5 Å². The fraction of sp³-hybridized carbons (Fsp3) is 0.200. The zero-order valence-corrected chi connectivity index (χ0v) is 17.7. The van der Waals surface area contributed by atoms with Crippen molar-refractivity contribution in [3.63, 3.8) is 0 Å². The Morgan fingerprint density at radius 3 is 2.38 bits per heavy atom.